The summed E-state index contributed by atoms with van der Waals surface area (Å²) in [4.78, 5) is 23.4. The van der Waals surface area contributed by atoms with Crippen molar-refractivity contribution < 1.29 is 27.5 Å². The first kappa shape index (κ1) is 18.1. The molecule has 0 aliphatic heterocycles. The first-order valence-corrected chi connectivity index (χ1v) is 7.10. The van der Waals surface area contributed by atoms with E-state index in [9.17, 15) is 22.8 Å². The standard InChI is InChI=1S/C15H8Cl2F3NO3/c16-8-3-7(4-9(17)5-8)15(23)24-6-12(22)21-11-2-1-10(18)13(19)14(11)20/h1-5H,6H2,(H,21,22). The number of halogens is 5. The van der Waals surface area contributed by atoms with E-state index in [0.717, 1.165) is 6.07 Å². The number of anilines is 1. The molecule has 0 bridgehead atoms. The summed E-state index contributed by atoms with van der Waals surface area (Å²) in [6.45, 7) is -0.776. The zero-order chi connectivity index (χ0) is 17.9. The highest BCUT2D eigenvalue weighted by molar-refractivity contribution is 6.35. The topological polar surface area (TPSA) is 55.4 Å². The molecule has 0 atom stereocenters. The van der Waals surface area contributed by atoms with Crippen molar-refractivity contribution in [1.82, 2.24) is 0 Å². The second-order valence-corrected chi connectivity index (χ2v) is 5.38. The Bertz CT molecular complexity index is 795. The first-order chi connectivity index (χ1) is 11.3. The van der Waals surface area contributed by atoms with Gasteiger partial charge in [0.1, 0.15) is 0 Å². The summed E-state index contributed by atoms with van der Waals surface area (Å²) < 4.78 is 43.9. The monoisotopic (exact) mass is 377 g/mol. The van der Waals surface area contributed by atoms with Crippen LogP contribution in [-0.2, 0) is 9.53 Å². The number of hydrogen-bond donors (Lipinski definition) is 1. The highest BCUT2D eigenvalue weighted by Gasteiger charge is 2.16. The van der Waals surface area contributed by atoms with Gasteiger partial charge in [0.15, 0.2) is 24.1 Å². The van der Waals surface area contributed by atoms with Crippen molar-refractivity contribution in [1.29, 1.82) is 0 Å². The number of amides is 1. The van der Waals surface area contributed by atoms with Gasteiger partial charge in [0.05, 0.1) is 11.3 Å². The van der Waals surface area contributed by atoms with E-state index < -0.39 is 41.6 Å². The second kappa shape index (κ2) is 7.55. The van der Waals surface area contributed by atoms with E-state index in [1.54, 1.807) is 0 Å². The number of nitrogens with one attached hydrogen (secondary N) is 1. The Balaban J connectivity index is 1.98. The van der Waals surface area contributed by atoms with Gasteiger partial charge in [-0.3, -0.25) is 4.79 Å². The minimum absolute atomic E-state index is 0.0132. The third-order valence-corrected chi connectivity index (χ3v) is 3.18. The van der Waals surface area contributed by atoms with Crippen molar-refractivity contribution in [2.45, 2.75) is 0 Å². The van der Waals surface area contributed by atoms with Crippen LogP contribution in [0.25, 0.3) is 0 Å². The second-order valence-electron chi connectivity index (χ2n) is 4.51. The Kier molecular flexibility index (Phi) is 5.69. The van der Waals surface area contributed by atoms with E-state index in [2.05, 4.69) is 0 Å². The largest absolute Gasteiger partial charge is 0.452 e. The van der Waals surface area contributed by atoms with Gasteiger partial charge in [-0.05, 0) is 30.3 Å². The fraction of sp³-hybridized carbons (Fsp3) is 0.0667. The summed E-state index contributed by atoms with van der Waals surface area (Å²) in [6.07, 6.45) is 0. The number of hydrogen-bond acceptors (Lipinski definition) is 3. The molecule has 4 nitrogen and oxygen atoms in total. The molecule has 2 rings (SSSR count). The average Bonchev–Trinajstić information content (AvgIpc) is 2.52. The van der Waals surface area contributed by atoms with Gasteiger partial charge < -0.3 is 10.1 Å². The van der Waals surface area contributed by atoms with E-state index >= 15 is 0 Å². The van der Waals surface area contributed by atoms with Gasteiger partial charge in [-0.15, -0.1) is 0 Å². The maximum absolute atomic E-state index is 13.4. The van der Waals surface area contributed by atoms with Gasteiger partial charge in [0.2, 0.25) is 0 Å². The number of rotatable bonds is 4. The van der Waals surface area contributed by atoms with Crippen LogP contribution in [0, 0.1) is 17.5 Å². The van der Waals surface area contributed by atoms with E-state index in [0.29, 0.717) is 6.07 Å². The van der Waals surface area contributed by atoms with Gasteiger partial charge in [-0.2, -0.15) is 0 Å². The third kappa shape index (κ3) is 4.39. The molecule has 1 amide bonds. The lowest BCUT2D eigenvalue weighted by atomic mass is 10.2. The van der Waals surface area contributed by atoms with E-state index in [-0.39, 0.29) is 15.6 Å². The van der Waals surface area contributed by atoms with Crippen LogP contribution in [0.1, 0.15) is 10.4 Å². The van der Waals surface area contributed by atoms with Crippen LogP contribution < -0.4 is 5.32 Å². The average molecular weight is 378 g/mol. The lowest BCUT2D eigenvalue weighted by Crippen LogP contribution is -2.21. The molecular weight excluding hydrogens is 370 g/mol. The minimum atomic E-state index is -1.72. The normalized spacial score (nSPS) is 10.4. The summed E-state index contributed by atoms with van der Waals surface area (Å²) in [5.41, 5.74) is -0.569. The molecule has 0 radical (unpaired) electrons. The fourth-order valence-corrected chi connectivity index (χ4v) is 2.22. The van der Waals surface area contributed by atoms with Gasteiger partial charge >= 0.3 is 5.97 Å². The lowest BCUT2D eigenvalue weighted by Gasteiger charge is -2.08. The molecule has 24 heavy (non-hydrogen) atoms. The molecule has 2 aromatic rings. The molecule has 1 N–H and O–H groups in total. The predicted molar refractivity (Wildman–Crippen MR) is 81.7 cm³/mol. The van der Waals surface area contributed by atoms with Crippen molar-refractivity contribution in [2.75, 3.05) is 11.9 Å². The molecule has 0 aliphatic rings. The molecule has 0 heterocycles. The molecule has 0 aliphatic carbocycles. The molecule has 0 saturated heterocycles. The van der Waals surface area contributed by atoms with Crippen LogP contribution in [-0.4, -0.2) is 18.5 Å². The van der Waals surface area contributed by atoms with Crippen LogP contribution in [0.5, 0.6) is 0 Å². The van der Waals surface area contributed by atoms with Crippen molar-refractivity contribution in [3.05, 3.63) is 63.4 Å². The van der Waals surface area contributed by atoms with E-state index in [1.165, 1.54) is 18.2 Å². The van der Waals surface area contributed by atoms with E-state index in [4.69, 9.17) is 27.9 Å². The maximum atomic E-state index is 13.4. The highest BCUT2D eigenvalue weighted by atomic mass is 35.5. The molecule has 0 spiro atoms. The minimum Gasteiger partial charge on any atom is -0.452 e. The number of esters is 1. The Morgan fingerprint density at radius 1 is 1.00 bits per heavy atom. The Labute approximate surface area is 144 Å². The Morgan fingerprint density at radius 2 is 1.62 bits per heavy atom. The SMILES string of the molecule is O=C(COC(=O)c1cc(Cl)cc(Cl)c1)Nc1ccc(F)c(F)c1F. The summed E-state index contributed by atoms with van der Waals surface area (Å²) in [5, 5.41) is 2.35. The first-order valence-electron chi connectivity index (χ1n) is 6.34. The van der Waals surface area contributed by atoms with Crippen LogP contribution in [0.15, 0.2) is 30.3 Å². The van der Waals surface area contributed by atoms with Crippen LogP contribution in [0.2, 0.25) is 10.0 Å². The predicted octanol–water partition coefficient (Wildman–Crippen LogP) is 4.21. The van der Waals surface area contributed by atoms with Crippen molar-refractivity contribution in [2.24, 2.45) is 0 Å². The van der Waals surface area contributed by atoms with E-state index in [1.807, 2.05) is 5.32 Å². The Morgan fingerprint density at radius 3 is 2.25 bits per heavy atom. The molecule has 9 heteroatoms. The highest BCUT2D eigenvalue weighted by Crippen LogP contribution is 2.21. The number of carbonyl (C=O) groups excluding carboxylic acids is 2. The molecule has 0 saturated carbocycles. The smallest absolute Gasteiger partial charge is 0.338 e. The summed E-state index contributed by atoms with van der Waals surface area (Å²) in [6, 6.07) is 5.45. The molecular formula is C15H8Cl2F3NO3. The zero-order valence-corrected chi connectivity index (χ0v) is 13.2. The number of carbonyl (C=O) groups is 2. The number of benzene rings is 2. The molecule has 2 aromatic carbocycles. The molecule has 0 unspecified atom stereocenters. The maximum Gasteiger partial charge on any atom is 0.338 e. The van der Waals surface area contributed by atoms with Gasteiger partial charge in [-0.25, -0.2) is 18.0 Å². The van der Waals surface area contributed by atoms with Gasteiger partial charge in [-0.1, -0.05) is 23.2 Å². The van der Waals surface area contributed by atoms with Crippen molar-refractivity contribution >= 4 is 40.8 Å². The zero-order valence-electron chi connectivity index (χ0n) is 11.7. The summed E-state index contributed by atoms with van der Waals surface area (Å²) in [5.74, 6) is -6.51. The van der Waals surface area contributed by atoms with Crippen LogP contribution in [0.4, 0.5) is 18.9 Å². The quantitative estimate of drug-likeness (QED) is 0.641. The van der Waals surface area contributed by atoms with Gasteiger partial charge in [0.25, 0.3) is 5.91 Å². The summed E-state index contributed by atoms with van der Waals surface area (Å²) in [7, 11) is 0. The van der Waals surface area contributed by atoms with Crippen molar-refractivity contribution in [3.63, 3.8) is 0 Å². The fourth-order valence-electron chi connectivity index (χ4n) is 1.69. The molecule has 126 valence electrons. The molecule has 0 fully saturated rings. The third-order valence-electron chi connectivity index (χ3n) is 2.74. The molecule has 0 aromatic heterocycles. The van der Waals surface area contributed by atoms with Crippen LogP contribution in [0.3, 0.4) is 0 Å². The summed E-state index contributed by atoms with van der Waals surface area (Å²) >= 11 is 11.5. The Hall–Kier alpha value is -2.25. The van der Waals surface area contributed by atoms with Crippen LogP contribution >= 0.6 is 23.2 Å². The van der Waals surface area contributed by atoms with Crippen molar-refractivity contribution in [3.8, 4) is 0 Å². The lowest BCUT2D eigenvalue weighted by molar-refractivity contribution is -0.119. The van der Waals surface area contributed by atoms with Gasteiger partial charge in [0, 0.05) is 10.0 Å². The number of ether oxygens (including phenoxy) is 1.